The highest BCUT2D eigenvalue weighted by molar-refractivity contribution is 6.09. The zero-order valence-corrected chi connectivity index (χ0v) is 17.6. The fourth-order valence-corrected chi connectivity index (χ4v) is 3.13. The van der Waals surface area contributed by atoms with Gasteiger partial charge in [0.05, 0.1) is 11.3 Å². The molecule has 0 saturated heterocycles. The minimum Gasteiger partial charge on any atom is -0.487 e. The second-order valence-electron chi connectivity index (χ2n) is 7.10. The largest absolute Gasteiger partial charge is 0.487 e. The molecule has 32 heavy (non-hydrogen) atoms. The van der Waals surface area contributed by atoms with E-state index < -0.39 is 11.9 Å². The molecule has 2 N–H and O–H groups in total. The summed E-state index contributed by atoms with van der Waals surface area (Å²) in [5, 5.41) is 21.0. The lowest BCUT2D eigenvalue weighted by Gasteiger charge is -2.13. The fraction of sp³-hybridized carbons (Fsp3) is 0.120. The molecule has 2 aromatic carbocycles. The van der Waals surface area contributed by atoms with Crippen LogP contribution in [0.25, 0.3) is 6.08 Å². The first-order valence-corrected chi connectivity index (χ1v) is 9.78. The second-order valence-corrected chi connectivity index (χ2v) is 7.10. The molecule has 0 spiro atoms. The molecule has 0 aliphatic rings. The van der Waals surface area contributed by atoms with Crippen molar-refractivity contribution in [3.05, 3.63) is 94.3 Å². The number of aryl methyl sites for hydroxylation is 2. The molecule has 0 bridgehead atoms. The van der Waals surface area contributed by atoms with Gasteiger partial charge in [-0.3, -0.25) is 9.78 Å². The van der Waals surface area contributed by atoms with Crippen molar-refractivity contribution in [1.29, 1.82) is 5.26 Å². The summed E-state index contributed by atoms with van der Waals surface area (Å²) in [5.41, 5.74) is 3.67. The van der Waals surface area contributed by atoms with Crippen LogP contribution in [0.4, 0.5) is 5.69 Å². The summed E-state index contributed by atoms with van der Waals surface area (Å²) in [6.07, 6.45) is 3.21. The molecule has 0 radical (unpaired) electrons. The highest BCUT2D eigenvalue weighted by Gasteiger charge is 2.12. The van der Waals surface area contributed by atoms with E-state index >= 15 is 0 Å². The Labute approximate surface area is 185 Å². The third-order valence-electron chi connectivity index (χ3n) is 4.64. The predicted octanol–water partition coefficient (Wildman–Crippen LogP) is 4.52. The van der Waals surface area contributed by atoms with Gasteiger partial charge in [0.1, 0.15) is 24.0 Å². The molecule has 0 saturated carbocycles. The lowest BCUT2D eigenvalue weighted by molar-refractivity contribution is -0.112. The minimum atomic E-state index is -1.06. The molecule has 1 heterocycles. The molecule has 3 rings (SSSR count). The Bertz CT molecular complexity index is 1190. The van der Waals surface area contributed by atoms with Crippen molar-refractivity contribution < 1.29 is 19.4 Å². The highest BCUT2D eigenvalue weighted by Crippen LogP contribution is 2.27. The van der Waals surface area contributed by atoms with Crippen LogP contribution in [0.2, 0.25) is 0 Å². The number of nitriles is 1. The van der Waals surface area contributed by atoms with E-state index in [1.165, 1.54) is 30.3 Å². The monoisotopic (exact) mass is 427 g/mol. The van der Waals surface area contributed by atoms with Crippen LogP contribution < -0.4 is 10.1 Å². The van der Waals surface area contributed by atoms with Crippen molar-refractivity contribution in [1.82, 2.24) is 4.98 Å². The van der Waals surface area contributed by atoms with Gasteiger partial charge in [-0.1, -0.05) is 6.07 Å². The van der Waals surface area contributed by atoms with E-state index in [0.717, 1.165) is 22.6 Å². The topological polar surface area (TPSA) is 112 Å². The van der Waals surface area contributed by atoms with Crippen LogP contribution in [0.5, 0.6) is 5.75 Å². The van der Waals surface area contributed by atoms with Crippen LogP contribution in [0.15, 0.2) is 66.4 Å². The van der Waals surface area contributed by atoms with E-state index in [9.17, 15) is 14.9 Å². The van der Waals surface area contributed by atoms with Crippen molar-refractivity contribution in [2.24, 2.45) is 0 Å². The van der Waals surface area contributed by atoms with Gasteiger partial charge in [0, 0.05) is 11.9 Å². The van der Waals surface area contributed by atoms with Crippen molar-refractivity contribution in [3.63, 3.8) is 0 Å². The number of carbonyl (C=O) groups is 2. The minimum absolute atomic E-state index is 0.0757. The molecule has 7 heteroatoms. The number of carboxylic acids is 1. The van der Waals surface area contributed by atoms with Crippen LogP contribution in [0.1, 0.15) is 32.7 Å². The van der Waals surface area contributed by atoms with Crippen LogP contribution in [0.3, 0.4) is 0 Å². The van der Waals surface area contributed by atoms with E-state index in [4.69, 9.17) is 9.84 Å². The maximum absolute atomic E-state index is 12.5. The molecule has 0 atom stereocenters. The van der Waals surface area contributed by atoms with Crippen LogP contribution in [-0.2, 0) is 11.4 Å². The molecular weight excluding hydrogens is 406 g/mol. The van der Waals surface area contributed by atoms with Gasteiger partial charge >= 0.3 is 5.97 Å². The van der Waals surface area contributed by atoms with Gasteiger partial charge in [0.25, 0.3) is 5.91 Å². The van der Waals surface area contributed by atoms with Crippen molar-refractivity contribution in [2.75, 3.05) is 5.32 Å². The molecule has 0 aliphatic heterocycles. The van der Waals surface area contributed by atoms with Crippen molar-refractivity contribution in [3.8, 4) is 11.8 Å². The van der Waals surface area contributed by atoms with E-state index in [1.54, 1.807) is 6.20 Å². The molecular formula is C25H21N3O4. The Hall–Kier alpha value is -4.44. The molecule has 0 aliphatic carbocycles. The second kappa shape index (κ2) is 10.0. The fourth-order valence-electron chi connectivity index (χ4n) is 3.13. The first-order chi connectivity index (χ1) is 15.4. The standard InChI is InChI=1S/C25H21N3O4/c1-16-11-18(12-17(2)23(16)32-15-22-5-3-4-10-27-22)13-20(14-26)24(29)28-21-8-6-19(7-9-21)25(30)31/h3-13H,15H2,1-2H3,(H,28,29)(H,30,31)/b20-13+. The Morgan fingerprint density at radius 2 is 1.81 bits per heavy atom. The summed E-state index contributed by atoms with van der Waals surface area (Å²) >= 11 is 0. The highest BCUT2D eigenvalue weighted by atomic mass is 16.5. The summed E-state index contributed by atoms with van der Waals surface area (Å²) < 4.78 is 5.92. The summed E-state index contributed by atoms with van der Waals surface area (Å²) in [5.74, 6) is -0.908. The third-order valence-corrected chi connectivity index (χ3v) is 4.64. The number of carbonyl (C=O) groups excluding carboxylic acids is 1. The molecule has 1 aromatic heterocycles. The molecule has 0 fully saturated rings. The molecule has 1 amide bonds. The average molecular weight is 427 g/mol. The Balaban J connectivity index is 1.75. The zero-order chi connectivity index (χ0) is 23.1. The van der Waals surface area contributed by atoms with Crippen LogP contribution in [0, 0.1) is 25.2 Å². The number of aromatic nitrogens is 1. The number of ether oxygens (including phenoxy) is 1. The number of nitrogens with one attached hydrogen (secondary N) is 1. The predicted molar refractivity (Wildman–Crippen MR) is 120 cm³/mol. The van der Waals surface area contributed by atoms with E-state index in [-0.39, 0.29) is 11.1 Å². The normalized spacial score (nSPS) is 10.8. The van der Waals surface area contributed by atoms with Gasteiger partial charge in [-0.05, 0) is 85.1 Å². The van der Waals surface area contributed by atoms with Crippen molar-refractivity contribution in [2.45, 2.75) is 20.5 Å². The Kier molecular flexibility index (Phi) is 6.99. The number of hydrogen-bond donors (Lipinski definition) is 2. The number of amides is 1. The first kappa shape index (κ1) is 22.2. The molecule has 3 aromatic rings. The van der Waals surface area contributed by atoms with Gasteiger partial charge in [0.15, 0.2) is 0 Å². The van der Waals surface area contributed by atoms with Gasteiger partial charge in [-0.2, -0.15) is 5.26 Å². The van der Waals surface area contributed by atoms with E-state index in [1.807, 2.05) is 50.2 Å². The number of aromatic carboxylic acids is 1. The quantitative estimate of drug-likeness (QED) is 0.423. The lowest BCUT2D eigenvalue weighted by atomic mass is 10.0. The number of benzene rings is 2. The number of pyridine rings is 1. The zero-order valence-electron chi connectivity index (χ0n) is 17.6. The van der Waals surface area contributed by atoms with Crippen LogP contribution in [-0.4, -0.2) is 22.0 Å². The number of hydrogen-bond acceptors (Lipinski definition) is 5. The summed E-state index contributed by atoms with van der Waals surface area (Å²) in [4.78, 5) is 27.7. The number of rotatable bonds is 7. The van der Waals surface area contributed by atoms with Gasteiger partial charge in [0.2, 0.25) is 0 Å². The molecule has 7 nitrogen and oxygen atoms in total. The van der Waals surface area contributed by atoms with Gasteiger partial charge < -0.3 is 15.2 Å². The molecule has 160 valence electrons. The maximum Gasteiger partial charge on any atom is 0.335 e. The SMILES string of the molecule is Cc1cc(/C=C(\C#N)C(=O)Nc2ccc(C(=O)O)cc2)cc(C)c1OCc1ccccn1. The third kappa shape index (κ3) is 5.58. The van der Waals surface area contributed by atoms with E-state index in [0.29, 0.717) is 17.9 Å². The Morgan fingerprint density at radius 1 is 1.12 bits per heavy atom. The summed E-state index contributed by atoms with van der Waals surface area (Å²) in [6, 6.07) is 16.9. The average Bonchev–Trinajstić information content (AvgIpc) is 2.78. The van der Waals surface area contributed by atoms with Crippen molar-refractivity contribution >= 4 is 23.6 Å². The first-order valence-electron chi connectivity index (χ1n) is 9.78. The number of anilines is 1. The van der Waals surface area contributed by atoms with Gasteiger partial charge in [-0.15, -0.1) is 0 Å². The van der Waals surface area contributed by atoms with E-state index in [2.05, 4.69) is 10.3 Å². The smallest absolute Gasteiger partial charge is 0.335 e. The molecule has 0 unspecified atom stereocenters. The van der Waals surface area contributed by atoms with Gasteiger partial charge in [-0.25, -0.2) is 4.79 Å². The summed E-state index contributed by atoms with van der Waals surface area (Å²) in [6.45, 7) is 4.13. The van der Waals surface area contributed by atoms with Crippen LogP contribution >= 0.6 is 0 Å². The number of nitrogens with zero attached hydrogens (tertiary/aromatic N) is 2. The number of carboxylic acid groups (broad SMARTS) is 1. The Morgan fingerprint density at radius 3 is 2.38 bits per heavy atom. The maximum atomic E-state index is 12.5. The summed E-state index contributed by atoms with van der Waals surface area (Å²) in [7, 11) is 0. The lowest BCUT2D eigenvalue weighted by Crippen LogP contribution is -2.13.